The molecule has 106 valence electrons. The fraction of sp³-hybridized carbons (Fsp3) is 0.118. The van der Waals surface area contributed by atoms with Gasteiger partial charge in [-0.3, -0.25) is 0 Å². The second-order valence-electron chi connectivity index (χ2n) is 5.05. The summed E-state index contributed by atoms with van der Waals surface area (Å²) in [6.07, 6.45) is 0. The normalized spacial score (nSPS) is 10.8. The number of hydrogen-bond acceptors (Lipinski definition) is 3. The molecule has 2 aromatic carbocycles. The van der Waals surface area contributed by atoms with E-state index in [0.29, 0.717) is 16.6 Å². The van der Waals surface area contributed by atoms with Crippen molar-refractivity contribution in [1.82, 2.24) is 5.16 Å². The SMILES string of the molecule is Cc1cc(Cl)ccc1-c1onc(N)c1-c1ccccc1C. The summed E-state index contributed by atoms with van der Waals surface area (Å²) in [5, 5.41) is 4.64. The van der Waals surface area contributed by atoms with Gasteiger partial charge in [-0.05, 0) is 48.7 Å². The van der Waals surface area contributed by atoms with Gasteiger partial charge in [-0.15, -0.1) is 0 Å². The van der Waals surface area contributed by atoms with Crippen LogP contribution in [0.4, 0.5) is 5.82 Å². The van der Waals surface area contributed by atoms with Crippen LogP contribution in [0.25, 0.3) is 22.5 Å². The highest BCUT2D eigenvalue weighted by molar-refractivity contribution is 6.30. The number of aryl methyl sites for hydroxylation is 2. The fourth-order valence-corrected chi connectivity index (χ4v) is 2.71. The number of anilines is 1. The molecular weight excluding hydrogens is 284 g/mol. The maximum Gasteiger partial charge on any atom is 0.177 e. The van der Waals surface area contributed by atoms with E-state index in [4.69, 9.17) is 21.9 Å². The molecule has 0 unspecified atom stereocenters. The van der Waals surface area contributed by atoms with E-state index in [1.807, 2.05) is 56.3 Å². The van der Waals surface area contributed by atoms with Gasteiger partial charge in [0, 0.05) is 10.6 Å². The van der Waals surface area contributed by atoms with Crippen LogP contribution in [0.3, 0.4) is 0 Å². The molecule has 0 atom stereocenters. The molecule has 3 rings (SSSR count). The molecule has 0 radical (unpaired) electrons. The largest absolute Gasteiger partial charge is 0.380 e. The summed E-state index contributed by atoms with van der Waals surface area (Å²) in [7, 11) is 0. The van der Waals surface area contributed by atoms with Gasteiger partial charge in [-0.1, -0.05) is 41.0 Å². The van der Waals surface area contributed by atoms with Crippen LogP contribution in [0.1, 0.15) is 11.1 Å². The lowest BCUT2D eigenvalue weighted by Gasteiger charge is -2.08. The van der Waals surface area contributed by atoms with Crippen molar-refractivity contribution in [2.75, 3.05) is 5.73 Å². The lowest BCUT2D eigenvalue weighted by molar-refractivity contribution is 0.436. The average Bonchev–Trinajstić information content (AvgIpc) is 2.81. The van der Waals surface area contributed by atoms with Crippen LogP contribution in [0.15, 0.2) is 47.0 Å². The number of benzene rings is 2. The van der Waals surface area contributed by atoms with E-state index in [1.54, 1.807) is 0 Å². The fourth-order valence-electron chi connectivity index (χ4n) is 2.48. The molecule has 0 spiro atoms. The Labute approximate surface area is 128 Å². The molecule has 1 aromatic heterocycles. The molecule has 21 heavy (non-hydrogen) atoms. The molecular formula is C17H15ClN2O. The Hall–Kier alpha value is -2.26. The number of aromatic nitrogens is 1. The van der Waals surface area contributed by atoms with E-state index < -0.39 is 0 Å². The summed E-state index contributed by atoms with van der Waals surface area (Å²) in [4.78, 5) is 0. The Bertz CT molecular complexity index is 808. The van der Waals surface area contributed by atoms with Gasteiger partial charge in [0.2, 0.25) is 0 Å². The number of nitrogens with two attached hydrogens (primary N) is 1. The first kappa shape index (κ1) is 13.7. The van der Waals surface area contributed by atoms with E-state index in [9.17, 15) is 0 Å². The van der Waals surface area contributed by atoms with Crippen LogP contribution in [0.5, 0.6) is 0 Å². The predicted octanol–water partition coefficient (Wildman–Crippen LogP) is 4.86. The van der Waals surface area contributed by atoms with Gasteiger partial charge in [0.1, 0.15) is 0 Å². The van der Waals surface area contributed by atoms with E-state index in [0.717, 1.165) is 27.8 Å². The van der Waals surface area contributed by atoms with Gasteiger partial charge < -0.3 is 10.3 Å². The third kappa shape index (κ3) is 2.41. The lowest BCUT2D eigenvalue weighted by Crippen LogP contribution is -1.91. The summed E-state index contributed by atoms with van der Waals surface area (Å²) in [6.45, 7) is 4.03. The van der Waals surface area contributed by atoms with Gasteiger partial charge in [0.15, 0.2) is 11.6 Å². The zero-order valence-corrected chi connectivity index (χ0v) is 12.6. The van der Waals surface area contributed by atoms with Crippen LogP contribution in [0.2, 0.25) is 5.02 Å². The summed E-state index contributed by atoms with van der Waals surface area (Å²) in [5.74, 6) is 1.07. The first-order valence-corrected chi connectivity index (χ1v) is 7.03. The first-order chi connectivity index (χ1) is 10.1. The Morgan fingerprint density at radius 2 is 1.76 bits per heavy atom. The highest BCUT2D eigenvalue weighted by Crippen LogP contribution is 2.39. The summed E-state index contributed by atoms with van der Waals surface area (Å²) in [6, 6.07) is 13.7. The smallest absolute Gasteiger partial charge is 0.177 e. The van der Waals surface area contributed by atoms with Crippen molar-refractivity contribution in [3.63, 3.8) is 0 Å². The topological polar surface area (TPSA) is 52.0 Å². The summed E-state index contributed by atoms with van der Waals surface area (Å²) < 4.78 is 5.49. The van der Waals surface area contributed by atoms with Gasteiger partial charge >= 0.3 is 0 Å². The molecule has 0 aliphatic rings. The van der Waals surface area contributed by atoms with E-state index in [2.05, 4.69) is 5.16 Å². The van der Waals surface area contributed by atoms with Gasteiger partial charge in [-0.2, -0.15) is 0 Å². The molecule has 0 saturated carbocycles. The molecule has 4 heteroatoms. The minimum absolute atomic E-state index is 0.397. The predicted molar refractivity (Wildman–Crippen MR) is 86.3 cm³/mol. The molecule has 0 bridgehead atoms. The number of halogens is 1. The number of nitrogens with zero attached hydrogens (tertiary/aromatic N) is 1. The van der Waals surface area contributed by atoms with Crippen molar-refractivity contribution in [3.05, 3.63) is 58.6 Å². The van der Waals surface area contributed by atoms with Crippen molar-refractivity contribution < 1.29 is 4.52 Å². The number of rotatable bonds is 2. The van der Waals surface area contributed by atoms with Crippen molar-refractivity contribution in [2.24, 2.45) is 0 Å². The van der Waals surface area contributed by atoms with Crippen molar-refractivity contribution in [3.8, 4) is 22.5 Å². The third-order valence-electron chi connectivity index (χ3n) is 3.57. The minimum Gasteiger partial charge on any atom is -0.380 e. The van der Waals surface area contributed by atoms with Crippen LogP contribution >= 0.6 is 11.6 Å². The Balaban J connectivity index is 2.25. The molecule has 0 amide bonds. The van der Waals surface area contributed by atoms with Crippen molar-refractivity contribution in [1.29, 1.82) is 0 Å². The minimum atomic E-state index is 0.397. The quantitative estimate of drug-likeness (QED) is 0.735. The molecule has 1 heterocycles. The highest BCUT2D eigenvalue weighted by Gasteiger charge is 2.20. The zero-order valence-electron chi connectivity index (χ0n) is 11.9. The van der Waals surface area contributed by atoms with Gasteiger partial charge in [0.05, 0.1) is 5.56 Å². The second-order valence-corrected chi connectivity index (χ2v) is 5.48. The Morgan fingerprint density at radius 3 is 2.48 bits per heavy atom. The lowest BCUT2D eigenvalue weighted by atomic mass is 9.96. The van der Waals surface area contributed by atoms with E-state index in [1.165, 1.54) is 0 Å². The molecule has 3 aromatic rings. The van der Waals surface area contributed by atoms with Crippen molar-refractivity contribution in [2.45, 2.75) is 13.8 Å². The molecule has 0 saturated heterocycles. The monoisotopic (exact) mass is 298 g/mol. The van der Waals surface area contributed by atoms with Gasteiger partial charge in [0.25, 0.3) is 0 Å². The second kappa shape index (κ2) is 5.26. The first-order valence-electron chi connectivity index (χ1n) is 6.65. The zero-order chi connectivity index (χ0) is 15.0. The van der Waals surface area contributed by atoms with E-state index in [-0.39, 0.29) is 0 Å². The van der Waals surface area contributed by atoms with Crippen LogP contribution < -0.4 is 5.73 Å². The third-order valence-corrected chi connectivity index (χ3v) is 3.80. The summed E-state index contributed by atoms with van der Waals surface area (Å²) >= 11 is 6.02. The average molecular weight is 299 g/mol. The Kier molecular flexibility index (Phi) is 3.43. The standard InChI is InChI=1S/C17H15ClN2O/c1-10-5-3-4-6-13(10)15-16(21-20-17(15)19)14-8-7-12(18)9-11(14)2/h3-9H,1-2H3,(H2,19,20). The summed E-state index contributed by atoms with van der Waals surface area (Å²) in [5.41, 5.74) is 11.0. The van der Waals surface area contributed by atoms with Crippen LogP contribution in [0, 0.1) is 13.8 Å². The van der Waals surface area contributed by atoms with Crippen LogP contribution in [-0.2, 0) is 0 Å². The maximum atomic E-state index is 6.03. The molecule has 0 aliphatic carbocycles. The molecule has 0 aliphatic heterocycles. The van der Waals surface area contributed by atoms with Gasteiger partial charge in [-0.25, -0.2) is 0 Å². The number of hydrogen-bond donors (Lipinski definition) is 1. The highest BCUT2D eigenvalue weighted by atomic mass is 35.5. The maximum absolute atomic E-state index is 6.03. The molecule has 2 N–H and O–H groups in total. The van der Waals surface area contributed by atoms with Crippen molar-refractivity contribution >= 4 is 17.4 Å². The number of nitrogen functional groups attached to an aromatic ring is 1. The van der Waals surface area contributed by atoms with E-state index >= 15 is 0 Å². The molecule has 0 fully saturated rings. The van der Waals surface area contributed by atoms with Crippen LogP contribution in [-0.4, -0.2) is 5.16 Å². The Morgan fingerprint density at radius 1 is 1.00 bits per heavy atom. The molecule has 3 nitrogen and oxygen atoms in total.